The average molecular weight is 535 g/mol. The zero-order chi connectivity index (χ0) is 27.6. The Morgan fingerprint density at radius 3 is 2.42 bits per heavy atom. The van der Waals surface area contributed by atoms with Gasteiger partial charge in [0.15, 0.2) is 11.5 Å². The molecule has 0 spiro atoms. The molecule has 4 aromatic heterocycles. The van der Waals surface area contributed by atoms with Crippen molar-refractivity contribution in [3.05, 3.63) is 97.1 Å². The number of fused-ring (bicyclic) bond motifs is 1. The van der Waals surface area contributed by atoms with Crippen molar-refractivity contribution in [2.45, 2.75) is 6.54 Å². The lowest BCUT2D eigenvalue weighted by molar-refractivity contribution is -0.127. The van der Waals surface area contributed by atoms with Crippen LogP contribution in [0.2, 0.25) is 0 Å². The second-order valence-corrected chi connectivity index (χ2v) is 9.58. The van der Waals surface area contributed by atoms with Crippen molar-refractivity contribution in [1.82, 2.24) is 34.3 Å². The fourth-order valence-electron chi connectivity index (χ4n) is 4.92. The maximum atomic E-state index is 13.5. The molecular weight excluding hydrogens is 507 g/mol. The van der Waals surface area contributed by atoms with Crippen molar-refractivity contribution in [1.29, 1.82) is 0 Å². The third-order valence-electron chi connectivity index (χ3n) is 7.03. The summed E-state index contributed by atoms with van der Waals surface area (Å²) in [5, 5.41) is 0. The highest BCUT2D eigenvalue weighted by Crippen LogP contribution is 2.31. The molecule has 1 aliphatic heterocycles. The summed E-state index contributed by atoms with van der Waals surface area (Å²) in [7, 11) is 0. The molecule has 10 heteroatoms. The van der Waals surface area contributed by atoms with Crippen LogP contribution in [0.3, 0.4) is 0 Å². The number of pyridine rings is 3. The summed E-state index contributed by atoms with van der Waals surface area (Å²) in [6, 6.07) is 18.6. The van der Waals surface area contributed by atoms with Crippen LogP contribution in [0.15, 0.2) is 85.7 Å². The first-order chi connectivity index (χ1) is 19.5. The van der Waals surface area contributed by atoms with Crippen LogP contribution in [0.25, 0.3) is 39.6 Å². The van der Waals surface area contributed by atoms with Gasteiger partial charge in [0, 0.05) is 44.6 Å². The van der Waals surface area contributed by atoms with E-state index >= 15 is 0 Å². The zero-order valence-corrected chi connectivity index (χ0v) is 21.7. The van der Waals surface area contributed by atoms with Gasteiger partial charge in [-0.1, -0.05) is 18.7 Å². The average Bonchev–Trinajstić information content (AvgIpc) is 3.37. The quantitative estimate of drug-likeness (QED) is 0.327. The molecule has 0 atom stereocenters. The molecule has 0 unspecified atom stereocenters. The molecular formula is C30H27FN8O. The number of halogens is 1. The summed E-state index contributed by atoms with van der Waals surface area (Å²) in [5.41, 5.74) is 11.4. The number of piperazine rings is 1. The second kappa shape index (κ2) is 10.7. The minimum absolute atomic E-state index is 0.0198. The predicted molar refractivity (Wildman–Crippen MR) is 152 cm³/mol. The number of aromatic nitrogens is 5. The van der Waals surface area contributed by atoms with Crippen molar-refractivity contribution in [3.8, 4) is 28.5 Å². The molecule has 1 fully saturated rings. The lowest BCUT2D eigenvalue weighted by atomic mass is 10.1. The molecule has 1 amide bonds. The largest absolute Gasteiger partial charge is 0.383 e. The Morgan fingerprint density at radius 2 is 1.73 bits per heavy atom. The Kier molecular flexibility index (Phi) is 6.75. The fraction of sp³-hybridized carbons (Fsp3) is 0.167. The molecule has 0 bridgehead atoms. The number of hydrogen-bond donors (Lipinski definition) is 1. The van der Waals surface area contributed by atoms with Gasteiger partial charge in [-0.3, -0.25) is 19.2 Å². The van der Waals surface area contributed by atoms with Gasteiger partial charge in [0.05, 0.1) is 23.1 Å². The first-order valence-corrected chi connectivity index (χ1v) is 13.0. The third-order valence-corrected chi connectivity index (χ3v) is 7.03. The van der Waals surface area contributed by atoms with Gasteiger partial charge in [-0.05, 0) is 60.2 Å². The van der Waals surface area contributed by atoms with Crippen LogP contribution in [0.4, 0.5) is 10.2 Å². The number of imidazole rings is 1. The number of carbonyl (C=O) groups is 1. The zero-order valence-electron chi connectivity index (χ0n) is 21.7. The molecule has 1 aromatic carbocycles. The van der Waals surface area contributed by atoms with Crippen LogP contribution in [0, 0.1) is 5.82 Å². The van der Waals surface area contributed by atoms with Gasteiger partial charge < -0.3 is 10.6 Å². The normalized spacial score (nSPS) is 14.0. The molecule has 1 aliphatic rings. The maximum Gasteiger partial charge on any atom is 0.246 e. The highest BCUT2D eigenvalue weighted by atomic mass is 19.1. The first kappa shape index (κ1) is 25.3. The van der Waals surface area contributed by atoms with E-state index in [1.807, 2.05) is 45.9 Å². The lowest BCUT2D eigenvalue weighted by Gasteiger charge is -2.34. The molecule has 1 saturated heterocycles. The minimum Gasteiger partial charge on any atom is -0.383 e. The third kappa shape index (κ3) is 4.92. The Balaban J connectivity index is 1.35. The number of benzene rings is 1. The number of anilines is 1. The van der Waals surface area contributed by atoms with Crippen molar-refractivity contribution in [2.24, 2.45) is 0 Å². The fourth-order valence-corrected chi connectivity index (χ4v) is 4.92. The molecule has 6 rings (SSSR count). The van der Waals surface area contributed by atoms with Gasteiger partial charge >= 0.3 is 0 Å². The standard InChI is InChI=1S/C30H27FN8O/c1-2-27(40)38-16-14-37(15-17-38)19-20-5-8-22(9-6-20)39-29(23-4-3-13-33-28(23)32)36-26-12-11-25(35-30(26)39)24-10-7-21(31)18-34-24/h2-13,18H,1,14-17,19H2,(H2,32,33). The number of amides is 1. The summed E-state index contributed by atoms with van der Waals surface area (Å²) in [5.74, 6) is 0.559. The summed E-state index contributed by atoms with van der Waals surface area (Å²) >= 11 is 0. The van der Waals surface area contributed by atoms with Crippen LogP contribution in [-0.2, 0) is 11.3 Å². The predicted octanol–water partition coefficient (Wildman–Crippen LogP) is 4.10. The van der Waals surface area contributed by atoms with Crippen molar-refractivity contribution in [3.63, 3.8) is 0 Å². The molecule has 9 nitrogen and oxygen atoms in total. The molecule has 5 heterocycles. The van der Waals surface area contributed by atoms with Crippen LogP contribution in [-0.4, -0.2) is 66.4 Å². The molecule has 40 heavy (non-hydrogen) atoms. The highest BCUT2D eigenvalue weighted by Gasteiger charge is 2.21. The van der Waals surface area contributed by atoms with E-state index in [1.54, 1.807) is 12.3 Å². The van der Waals surface area contributed by atoms with Crippen LogP contribution < -0.4 is 5.73 Å². The summed E-state index contributed by atoms with van der Waals surface area (Å²) in [6.45, 7) is 7.36. The highest BCUT2D eigenvalue weighted by molar-refractivity contribution is 5.87. The Morgan fingerprint density at radius 1 is 0.950 bits per heavy atom. The summed E-state index contributed by atoms with van der Waals surface area (Å²) < 4.78 is 15.4. The van der Waals surface area contributed by atoms with E-state index in [4.69, 9.17) is 15.7 Å². The van der Waals surface area contributed by atoms with Gasteiger partial charge in [-0.25, -0.2) is 19.3 Å². The van der Waals surface area contributed by atoms with Crippen LogP contribution in [0.1, 0.15) is 5.56 Å². The minimum atomic E-state index is -0.406. The summed E-state index contributed by atoms with van der Waals surface area (Å²) in [6.07, 6.45) is 4.19. The van der Waals surface area contributed by atoms with Gasteiger partial charge in [-0.15, -0.1) is 0 Å². The number of carbonyl (C=O) groups excluding carboxylic acids is 1. The van der Waals surface area contributed by atoms with Gasteiger partial charge in [0.1, 0.15) is 17.2 Å². The Hall–Kier alpha value is -4.96. The molecule has 0 aliphatic carbocycles. The van der Waals surface area contributed by atoms with E-state index in [9.17, 15) is 9.18 Å². The van der Waals surface area contributed by atoms with E-state index in [2.05, 4.69) is 33.6 Å². The molecule has 200 valence electrons. The second-order valence-electron chi connectivity index (χ2n) is 9.58. The summed E-state index contributed by atoms with van der Waals surface area (Å²) in [4.78, 5) is 34.2. The number of nitrogens with two attached hydrogens (primary N) is 1. The molecule has 5 aromatic rings. The smallest absolute Gasteiger partial charge is 0.246 e. The van der Waals surface area contributed by atoms with Crippen LogP contribution >= 0.6 is 0 Å². The number of nitrogen functional groups attached to an aromatic ring is 1. The maximum absolute atomic E-state index is 13.5. The SMILES string of the molecule is C=CC(=O)N1CCN(Cc2ccc(-n3c(-c4cccnc4N)nc4ccc(-c5ccc(F)cn5)nc43)cc2)CC1. The van der Waals surface area contributed by atoms with Crippen molar-refractivity contribution < 1.29 is 9.18 Å². The number of nitrogens with zero attached hydrogens (tertiary/aromatic N) is 7. The lowest BCUT2D eigenvalue weighted by Crippen LogP contribution is -2.47. The van der Waals surface area contributed by atoms with Gasteiger partial charge in [0.2, 0.25) is 5.91 Å². The Bertz CT molecular complexity index is 1690. The van der Waals surface area contributed by atoms with E-state index in [0.717, 1.165) is 30.9 Å². The van der Waals surface area contributed by atoms with E-state index in [-0.39, 0.29) is 5.91 Å². The van der Waals surface area contributed by atoms with Crippen molar-refractivity contribution in [2.75, 3.05) is 31.9 Å². The van der Waals surface area contributed by atoms with Crippen LogP contribution in [0.5, 0.6) is 0 Å². The molecule has 2 N–H and O–H groups in total. The number of hydrogen-bond acceptors (Lipinski definition) is 7. The van der Waals surface area contributed by atoms with E-state index in [1.165, 1.54) is 18.3 Å². The van der Waals surface area contributed by atoms with E-state index in [0.29, 0.717) is 52.8 Å². The first-order valence-electron chi connectivity index (χ1n) is 13.0. The van der Waals surface area contributed by atoms with Gasteiger partial charge in [0.25, 0.3) is 0 Å². The monoisotopic (exact) mass is 534 g/mol. The molecule has 0 saturated carbocycles. The Labute approximate surface area is 230 Å². The van der Waals surface area contributed by atoms with E-state index < -0.39 is 5.82 Å². The number of rotatable bonds is 6. The van der Waals surface area contributed by atoms with Gasteiger partial charge in [-0.2, -0.15) is 0 Å². The van der Waals surface area contributed by atoms with Crippen molar-refractivity contribution >= 4 is 22.9 Å². The topological polar surface area (TPSA) is 106 Å². The molecule has 0 radical (unpaired) electrons.